The van der Waals surface area contributed by atoms with E-state index < -0.39 is 4.92 Å². The van der Waals surface area contributed by atoms with E-state index in [1.54, 1.807) is 12.1 Å². The predicted molar refractivity (Wildman–Crippen MR) is 83.2 cm³/mol. The van der Waals surface area contributed by atoms with Gasteiger partial charge < -0.3 is 15.0 Å². The minimum atomic E-state index is -0.393. The van der Waals surface area contributed by atoms with Gasteiger partial charge in [-0.3, -0.25) is 10.1 Å². The molecule has 0 aliphatic carbocycles. The maximum absolute atomic E-state index is 11.1. The van der Waals surface area contributed by atoms with E-state index in [9.17, 15) is 10.1 Å². The first-order valence-electron chi connectivity index (χ1n) is 7.49. The van der Waals surface area contributed by atoms with Crippen molar-refractivity contribution in [3.05, 3.63) is 28.3 Å². The number of benzene rings is 1. The summed E-state index contributed by atoms with van der Waals surface area (Å²) in [4.78, 5) is 13.0. The highest BCUT2D eigenvalue weighted by molar-refractivity contribution is 5.60. The topological polar surface area (TPSA) is 67.6 Å². The lowest BCUT2D eigenvalue weighted by Crippen LogP contribution is -2.45. The molecule has 0 aromatic heterocycles. The Morgan fingerprint density at radius 2 is 2.29 bits per heavy atom. The number of anilines is 1. The molecular formula is C15H23N3O3. The van der Waals surface area contributed by atoms with Crippen LogP contribution in [0.25, 0.3) is 0 Å². The Morgan fingerprint density at radius 1 is 1.48 bits per heavy atom. The molecule has 1 N–H and O–H groups in total. The fourth-order valence-electron chi connectivity index (χ4n) is 2.89. The van der Waals surface area contributed by atoms with Gasteiger partial charge in [-0.2, -0.15) is 0 Å². The number of ether oxygens (including phenoxy) is 1. The maximum atomic E-state index is 11.1. The normalized spacial score (nSPS) is 18.6. The molecule has 0 bridgehead atoms. The number of hydrogen-bond donors (Lipinski definition) is 1. The summed E-state index contributed by atoms with van der Waals surface area (Å²) in [7, 11) is 1.95. The van der Waals surface area contributed by atoms with E-state index in [4.69, 9.17) is 4.74 Å². The number of hydrogen-bond acceptors (Lipinski definition) is 5. The fraction of sp³-hybridized carbons (Fsp3) is 0.600. The van der Waals surface area contributed by atoms with E-state index in [0.29, 0.717) is 18.4 Å². The molecule has 0 saturated carbocycles. The number of piperidine rings is 1. The zero-order valence-electron chi connectivity index (χ0n) is 12.7. The molecule has 21 heavy (non-hydrogen) atoms. The SMILES string of the molecule is CCOc1cc(N2CCCCC2CNC)ccc1[N+](=O)[O-]. The van der Waals surface area contributed by atoms with Gasteiger partial charge in [-0.05, 0) is 39.3 Å². The Kier molecular flexibility index (Phi) is 5.38. The van der Waals surface area contributed by atoms with Crippen LogP contribution in [0, 0.1) is 10.1 Å². The summed E-state index contributed by atoms with van der Waals surface area (Å²) in [6.45, 7) is 4.15. The lowest BCUT2D eigenvalue weighted by molar-refractivity contribution is -0.385. The Bertz CT molecular complexity index is 491. The molecule has 2 rings (SSSR count). The van der Waals surface area contributed by atoms with E-state index in [-0.39, 0.29) is 5.69 Å². The minimum absolute atomic E-state index is 0.0303. The first-order valence-corrected chi connectivity index (χ1v) is 7.49. The quantitative estimate of drug-likeness (QED) is 0.645. The molecule has 1 aromatic rings. The van der Waals surface area contributed by atoms with Crippen LogP contribution in [0.3, 0.4) is 0 Å². The third-order valence-electron chi connectivity index (χ3n) is 3.84. The molecular weight excluding hydrogens is 270 g/mol. The van der Waals surface area contributed by atoms with Crippen LogP contribution < -0.4 is 15.0 Å². The third kappa shape index (κ3) is 3.64. The molecule has 6 heteroatoms. The Labute approximate surface area is 125 Å². The molecule has 116 valence electrons. The van der Waals surface area contributed by atoms with E-state index in [1.165, 1.54) is 6.42 Å². The van der Waals surface area contributed by atoms with Crippen LogP contribution in [-0.2, 0) is 0 Å². The first kappa shape index (κ1) is 15.6. The van der Waals surface area contributed by atoms with Crippen molar-refractivity contribution in [2.45, 2.75) is 32.2 Å². The van der Waals surface area contributed by atoms with Gasteiger partial charge in [0.05, 0.1) is 11.5 Å². The van der Waals surface area contributed by atoms with E-state index in [0.717, 1.165) is 31.6 Å². The first-order chi connectivity index (χ1) is 10.2. The monoisotopic (exact) mass is 293 g/mol. The molecule has 1 unspecified atom stereocenters. The third-order valence-corrected chi connectivity index (χ3v) is 3.84. The predicted octanol–water partition coefficient (Wildman–Crippen LogP) is 2.57. The number of rotatable bonds is 6. The highest BCUT2D eigenvalue weighted by Crippen LogP contribution is 2.34. The highest BCUT2D eigenvalue weighted by atomic mass is 16.6. The van der Waals surface area contributed by atoms with Gasteiger partial charge in [-0.25, -0.2) is 0 Å². The van der Waals surface area contributed by atoms with Crippen molar-refractivity contribution in [1.82, 2.24) is 5.32 Å². The van der Waals surface area contributed by atoms with Gasteiger partial charge in [-0.1, -0.05) is 0 Å². The molecule has 1 aliphatic heterocycles. The van der Waals surface area contributed by atoms with E-state index >= 15 is 0 Å². The van der Waals surface area contributed by atoms with Gasteiger partial charge in [0, 0.05) is 37.0 Å². The number of nitrogens with one attached hydrogen (secondary N) is 1. The average Bonchev–Trinajstić information content (AvgIpc) is 2.48. The molecule has 0 spiro atoms. The second-order valence-corrected chi connectivity index (χ2v) is 5.24. The molecule has 1 heterocycles. The fourth-order valence-corrected chi connectivity index (χ4v) is 2.89. The average molecular weight is 293 g/mol. The standard InChI is InChI=1S/C15H23N3O3/c1-3-21-15-10-12(7-8-14(15)18(19)20)17-9-5-4-6-13(17)11-16-2/h7-8,10,13,16H,3-6,9,11H2,1-2H3. The van der Waals surface area contributed by atoms with Gasteiger partial charge >= 0.3 is 5.69 Å². The van der Waals surface area contributed by atoms with Crippen LogP contribution in [0.4, 0.5) is 11.4 Å². The highest BCUT2D eigenvalue weighted by Gasteiger charge is 2.24. The van der Waals surface area contributed by atoms with Crippen molar-refractivity contribution in [2.24, 2.45) is 0 Å². The largest absolute Gasteiger partial charge is 0.487 e. The van der Waals surface area contributed by atoms with Crippen LogP contribution in [-0.4, -0.2) is 37.7 Å². The van der Waals surface area contributed by atoms with Crippen LogP contribution in [0.5, 0.6) is 5.75 Å². The lowest BCUT2D eigenvalue weighted by Gasteiger charge is -2.37. The van der Waals surface area contributed by atoms with Crippen LogP contribution in [0.15, 0.2) is 18.2 Å². The summed E-state index contributed by atoms with van der Waals surface area (Å²) < 4.78 is 5.44. The second-order valence-electron chi connectivity index (χ2n) is 5.24. The summed E-state index contributed by atoms with van der Waals surface area (Å²) in [5, 5.41) is 14.3. The van der Waals surface area contributed by atoms with Crippen molar-refractivity contribution in [3.63, 3.8) is 0 Å². The lowest BCUT2D eigenvalue weighted by atomic mass is 10.0. The molecule has 6 nitrogen and oxygen atoms in total. The molecule has 0 radical (unpaired) electrons. The van der Waals surface area contributed by atoms with Gasteiger partial charge in [0.2, 0.25) is 0 Å². The van der Waals surface area contributed by atoms with Crippen molar-refractivity contribution in [3.8, 4) is 5.75 Å². The van der Waals surface area contributed by atoms with Crippen molar-refractivity contribution >= 4 is 11.4 Å². The van der Waals surface area contributed by atoms with E-state index in [2.05, 4.69) is 10.2 Å². The summed E-state index contributed by atoms with van der Waals surface area (Å²) >= 11 is 0. The summed E-state index contributed by atoms with van der Waals surface area (Å²) in [6, 6.07) is 5.61. The van der Waals surface area contributed by atoms with Crippen molar-refractivity contribution in [1.29, 1.82) is 0 Å². The summed E-state index contributed by atoms with van der Waals surface area (Å²) in [6.07, 6.45) is 3.52. The van der Waals surface area contributed by atoms with Gasteiger partial charge in [0.25, 0.3) is 0 Å². The van der Waals surface area contributed by atoms with E-state index in [1.807, 2.05) is 20.0 Å². The zero-order chi connectivity index (χ0) is 15.2. The van der Waals surface area contributed by atoms with Crippen molar-refractivity contribution in [2.75, 3.05) is 31.6 Å². The Morgan fingerprint density at radius 3 is 2.95 bits per heavy atom. The molecule has 0 amide bonds. The minimum Gasteiger partial charge on any atom is -0.487 e. The van der Waals surface area contributed by atoms with Crippen molar-refractivity contribution < 1.29 is 9.66 Å². The molecule has 1 aromatic carbocycles. The zero-order valence-corrected chi connectivity index (χ0v) is 12.7. The number of nitro benzene ring substituents is 1. The molecule has 1 saturated heterocycles. The van der Waals surface area contributed by atoms with Crippen LogP contribution in [0.2, 0.25) is 0 Å². The van der Waals surface area contributed by atoms with Crippen LogP contribution >= 0.6 is 0 Å². The summed E-state index contributed by atoms with van der Waals surface area (Å²) in [5.41, 5.74) is 1.03. The molecule has 1 fully saturated rings. The maximum Gasteiger partial charge on any atom is 0.311 e. The summed E-state index contributed by atoms with van der Waals surface area (Å²) in [5.74, 6) is 0.355. The number of nitro groups is 1. The van der Waals surface area contributed by atoms with Gasteiger partial charge in [0.15, 0.2) is 5.75 Å². The Balaban J connectivity index is 2.29. The van der Waals surface area contributed by atoms with Gasteiger partial charge in [-0.15, -0.1) is 0 Å². The second kappa shape index (κ2) is 7.26. The smallest absolute Gasteiger partial charge is 0.311 e. The Hall–Kier alpha value is -1.82. The van der Waals surface area contributed by atoms with Gasteiger partial charge in [0.1, 0.15) is 0 Å². The number of likely N-dealkylation sites (N-methyl/N-ethyl adjacent to an activating group) is 1. The molecule has 1 aliphatic rings. The number of nitrogens with zero attached hydrogens (tertiary/aromatic N) is 2. The molecule has 1 atom stereocenters. The van der Waals surface area contributed by atoms with Crippen LogP contribution in [0.1, 0.15) is 26.2 Å².